The second-order valence-electron chi connectivity index (χ2n) is 13.3. The first-order chi connectivity index (χ1) is 23.8. The van der Waals surface area contributed by atoms with Crippen LogP contribution >= 0.6 is 11.3 Å². The number of oxazole rings is 1. The van der Waals surface area contributed by atoms with Gasteiger partial charge in [0.1, 0.15) is 16.6 Å². The van der Waals surface area contributed by atoms with Gasteiger partial charge in [-0.25, -0.2) is 9.97 Å². The molecule has 0 bridgehead atoms. The summed E-state index contributed by atoms with van der Waals surface area (Å²) in [7, 11) is 0. The molecular formula is C39H42N6O3S. The van der Waals surface area contributed by atoms with Gasteiger partial charge in [-0.2, -0.15) is 5.26 Å². The van der Waals surface area contributed by atoms with E-state index >= 15 is 0 Å². The van der Waals surface area contributed by atoms with Gasteiger partial charge in [-0.1, -0.05) is 44.2 Å². The maximum Gasteiger partial charge on any atom is 0.237 e. The Labute approximate surface area is 291 Å². The van der Waals surface area contributed by atoms with E-state index in [1.165, 1.54) is 0 Å². The highest BCUT2D eigenvalue weighted by molar-refractivity contribution is 7.15. The van der Waals surface area contributed by atoms with Crippen molar-refractivity contribution in [3.63, 3.8) is 0 Å². The monoisotopic (exact) mass is 674 g/mol. The van der Waals surface area contributed by atoms with E-state index in [2.05, 4.69) is 68.2 Å². The normalized spacial score (nSPS) is 17.0. The smallest absolute Gasteiger partial charge is 0.237 e. The van der Waals surface area contributed by atoms with Gasteiger partial charge in [0, 0.05) is 28.6 Å². The van der Waals surface area contributed by atoms with E-state index in [0.717, 1.165) is 80.6 Å². The molecule has 0 unspecified atom stereocenters. The molecule has 1 aliphatic heterocycles. The molecule has 49 heavy (non-hydrogen) atoms. The van der Waals surface area contributed by atoms with E-state index in [0.29, 0.717) is 55.0 Å². The van der Waals surface area contributed by atoms with Crippen LogP contribution in [-0.2, 0) is 24.4 Å². The van der Waals surface area contributed by atoms with Crippen molar-refractivity contribution in [3.05, 3.63) is 81.4 Å². The molecule has 2 aliphatic rings. The van der Waals surface area contributed by atoms with Crippen molar-refractivity contribution in [2.45, 2.75) is 78.7 Å². The number of carbonyl (C=O) groups excluding carboxylic acids is 1. The summed E-state index contributed by atoms with van der Waals surface area (Å²) in [5.41, 5.74) is 10.1. The molecule has 3 heterocycles. The van der Waals surface area contributed by atoms with Gasteiger partial charge in [-0.15, -0.1) is 11.3 Å². The van der Waals surface area contributed by atoms with Gasteiger partial charge in [0.15, 0.2) is 5.58 Å². The van der Waals surface area contributed by atoms with Crippen LogP contribution in [0.5, 0.6) is 0 Å². The Morgan fingerprint density at radius 1 is 1.06 bits per heavy atom. The molecule has 5 aromatic rings. The Morgan fingerprint density at radius 2 is 1.78 bits per heavy atom. The van der Waals surface area contributed by atoms with Crippen molar-refractivity contribution in [3.8, 4) is 39.2 Å². The number of benzene rings is 3. The van der Waals surface area contributed by atoms with Crippen molar-refractivity contribution in [2.75, 3.05) is 19.6 Å². The summed E-state index contributed by atoms with van der Waals surface area (Å²) in [6, 6.07) is 19.1. The van der Waals surface area contributed by atoms with Gasteiger partial charge in [-0.3, -0.25) is 9.69 Å². The quantitative estimate of drug-likeness (QED) is 0.154. The Hall–Kier alpha value is -4.40. The average molecular weight is 675 g/mol. The Kier molecular flexibility index (Phi) is 9.36. The highest BCUT2D eigenvalue weighted by Crippen LogP contribution is 2.40. The summed E-state index contributed by atoms with van der Waals surface area (Å²) < 4.78 is 6.31. The highest BCUT2D eigenvalue weighted by Gasteiger charge is 2.31. The average Bonchev–Trinajstić information content (AvgIpc) is 3.80. The van der Waals surface area contributed by atoms with Gasteiger partial charge in [0.2, 0.25) is 11.8 Å². The molecular weight excluding hydrogens is 633 g/mol. The number of rotatable bonds is 11. The van der Waals surface area contributed by atoms with Crippen LogP contribution in [0.1, 0.15) is 65.9 Å². The van der Waals surface area contributed by atoms with E-state index in [4.69, 9.17) is 14.4 Å². The van der Waals surface area contributed by atoms with E-state index in [1.54, 1.807) is 11.3 Å². The first-order valence-electron chi connectivity index (χ1n) is 17.2. The van der Waals surface area contributed by atoms with Crippen LogP contribution in [0.25, 0.3) is 44.3 Å². The third kappa shape index (κ3) is 6.52. The maximum absolute atomic E-state index is 12.8. The molecule has 0 radical (unpaired) electrons. The molecule has 0 atom stereocenters. The second-order valence-corrected chi connectivity index (χ2v) is 14.4. The van der Waals surface area contributed by atoms with Gasteiger partial charge >= 0.3 is 0 Å². The SMILES string of the molecule is CCCN(CC)Cc1cc(C#N)c2oc(-c3cccc(-c4cccc(-c5nc6c(s5)CN(C(=O)CN[C@H]5C[C@@H](O)C5)C6)c4C)c3C)nc2c1. The number of aromatic nitrogens is 2. The fourth-order valence-corrected chi connectivity index (χ4v) is 8.22. The molecule has 0 saturated heterocycles. The number of hydrogen-bond donors (Lipinski definition) is 2. The van der Waals surface area contributed by atoms with Crippen LogP contribution in [0.4, 0.5) is 0 Å². The number of fused-ring (bicyclic) bond motifs is 2. The van der Waals surface area contributed by atoms with E-state index < -0.39 is 0 Å². The molecule has 2 aromatic heterocycles. The molecule has 252 valence electrons. The van der Waals surface area contributed by atoms with Gasteiger partial charge < -0.3 is 19.7 Å². The summed E-state index contributed by atoms with van der Waals surface area (Å²) in [4.78, 5) is 28.1. The molecule has 1 fully saturated rings. The highest BCUT2D eigenvalue weighted by atomic mass is 32.1. The van der Waals surface area contributed by atoms with Crippen molar-refractivity contribution in [1.82, 2.24) is 25.1 Å². The standard InChI is InChI=1S/C39H42N6O3S/c1-5-13-44(6-2)20-25-14-26(18-40)37-33(15-25)42-38(48-37)31-11-7-9-29(23(31)3)30-10-8-12-32(24(30)4)39-43-34-21-45(22-35(34)49-39)36(47)19-41-27-16-28(46)17-27/h7-12,14-15,27-28,41,46H,5-6,13,16-17,19-22H2,1-4H3/t27-,28+. The predicted molar refractivity (Wildman–Crippen MR) is 193 cm³/mol. The van der Waals surface area contributed by atoms with E-state index in [9.17, 15) is 15.2 Å². The Morgan fingerprint density at radius 3 is 2.45 bits per heavy atom. The number of nitrogens with one attached hydrogen (secondary N) is 1. The minimum absolute atomic E-state index is 0.0695. The molecule has 3 aromatic carbocycles. The third-order valence-electron chi connectivity index (χ3n) is 9.94. The van der Waals surface area contributed by atoms with Crippen molar-refractivity contribution in [1.29, 1.82) is 5.26 Å². The zero-order chi connectivity index (χ0) is 34.2. The number of carbonyl (C=O) groups is 1. The van der Waals surface area contributed by atoms with Gasteiger partial charge in [-0.05, 0) is 92.2 Å². The Bertz CT molecular complexity index is 2050. The van der Waals surface area contributed by atoms with Crippen LogP contribution in [0.3, 0.4) is 0 Å². The van der Waals surface area contributed by atoms with E-state index in [-0.39, 0.29) is 18.1 Å². The predicted octanol–water partition coefficient (Wildman–Crippen LogP) is 6.96. The first-order valence-corrected chi connectivity index (χ1v) is 18.0. The van der Waals surface area contributed by atoms with Crippen LogP contribution < -0.4 is 5.32 Å². The van der Waals surface area contributed by atoms with Gasteiger partial charge in [0.05, 0.1) is 37.0 Å². The number of hydrogen-bond acceptors (Lipinski definition) is 9. The molecule has 9 nitrogen and oxygen atoms in total. The molecule has 1 amide bonds. The molecule has 1 saturated carbocycles. The van der Waals surface area contributed by atoms with Crippen molar-refractivity contribution in [2.24, 2.45) is 0 Å². The van der Waals surface area contributed by atoms with Crippen LogP contribution in [-0.4, -0.2) is 62.6 Å². The summed E-state index contributed by atoms with van der Waals surface area (Å²) in [5.74, 6) is 0.577. The topological polar surface area (TPSA) is 119 Å². The number of nitrogens with zero attached hydrogens (tertiary/aromatic N) is 5. The molecule has 2 N–H and O–H groups in total. The number of thiazole rings is 1. The summed E-state index contributed by atoms with van der Waals surface area (Å²) in [5, 5.41) is 23.7. The molecule has 1 aliphatic carbocycles. The summed E-state index contributed by atoms with van der Waals surface area (Å²) in [6.07, 6.45) is 2.27. The first kappa shape index (κ1) is 33.1. The number of nitriles is 1. The minimum Gasteiger partial charge on any atom is -0.435 e. The minimum atomic E-state index is -0.239. The lowest BCUT2D eigenvalue weighted by Gasteiger charge is -2.32. The third-order valence-corrected chi connectivity index (χ3v) is 11.1. The van der Waals surface area contributed by atoms with Crippen LogP contribution in [0.2, 0.25) is 0 Å². The molecule has 0 spiro atoms. The lowest BCUT2D eigenvalue weighted by Crippen LogP contribution is -2.47. The maximum atomic E-state index is 12.8. The molecule has 10 heteroatoms. The summed E-state index contributed by atoms with van der Waals surface area (Å²) in [6.45, 7) is 12.7. The van der Waals surface area contributed by atoms with Crippen molar-refractivity contribution < 1.29 is 14.3 Å². The van der Waals surface area contributed by atoms with Crippen molar-refractivity contribution >= 4 is 28.3 Å². The zero-order valence-electron chi connectivity index (χ0n) is 28.5. The Balaban J connectivity index is 1.13. The summed E-state index contributed by atoms with van der Waals surface area (Å²) >= 11 is 1.66. The number of amides is 1. The van der Waals surface area contributed by atoms with Crippen LogP contribution in [0, 0.1) is 25.2 Å². The lowest BCUT2D eigenvalue weighted by atomic mass is 9.89. The fraction of sp³-hybridized carbons (Fsp3) is 0.385. The number of aliphatic hydroxyl groups is 1. The fourth-order valence-electron chi connectivity index (χ4n) is 7.05. The second kappa shape index (κ2) is 13.8. The van der Waals surface area contributed by atoms with Gasteiger partial charge in [0.25, 0.3) is 0 Å². The van der Waals surface area contributed by atoms with Crippen LogP contribution in [0.15, 0.2) is 52.9 Å². The lowest BCUT2D eigenvalue weighted by molar-refractivity contribution is -0.131. The largest absolute Gasteiger partial charge is 0.435 e. The zero-order valence-corrected chi connectivity index (χ0v) is 29.4. The number of aliphatic hydroxyl groups excluding tert-OH is 1. The van der Waals surface area contributed by atoms with E-state index in [1.807, 2.05) is 29.2 Å². The molecule has 7 rings (SSSR count).